The number of aryl methyl sites for hydroxylation is 2. The first kappa shape index (κ1) is 20.9. The Bertz CT molecular complexity index is 1120. The second-order valence-corrected chi connectivity index (χ2v) is 8.47. The number of H-pyrrole nitrogens is 1. The molecule has 30 heavy (non-hydrogen) atoms. The summed E-state index contributed by atoms with van der Waals surface area (Å²) in [6.45, 7) is 3.69. The lowest BCUT2D eigenvalue weighted by Crippen LogP contribution is -2.37. The molecular formula is C20H24F4N4O2. The minimum Gasteiger partial charge on any atom is -0.369 e. The van der Waals surface area contributed by atoms with E-state index in [2.05, 4.69) is 4.98 Å². The molecule has 164 valence electrons. The van der Waals surface area contributed by atoms with E-state index >= 15 is 4.39 Å². The Balaban J connectivity index is 1.80. The molecule has 0 radical (unpaired) electrons. The highest BCUT2D eigenvalue weighted by Gasteiger charge is 2.38. The summed E-state index contributed by atoms with van der Waals surface area (Å²) in [5, 5.41) is 0.143. The van der Waals surface area contributed by atoms with Gasteiger partial charge in [0.1, 0.15) is 0 Å². The fourth-order valence-corrected chi connectivity index (χ4v) is 4.66. The number of aromatic amines is 1. The third kappa shape index (κ3) is 3.51. The summed E-state index contributed by atoms with van der Waals surface area (Å²) >= 11 is 0. The first-order chi connectivity index (χ1) is 14.0. The van der Waals surface area contributed by atoms with Crippen LogP contribution in [0.3, 0.4) is 0 Å². The second kappa shape index (κ2) is 7.11. The number of alkyl halides is 3. The number of benzene rings is 1. The lowest BCUT2D eigenvalue weighted by atomic mass is 9.97. The van der Waals surface area contributed by atoms with E-state index in [-0.39, 0.29) is 29.2 Å². The van der Waals surface area contributed by atoms with Crippen molar-refractivity contribution < 1.29 is 17.6 Å². The number of halogens is 4. The minimum atomic E-state index is -4.35. The van der Waals surface area contributed by atoms with Crippen molar-refractivity contribution in [1.29, 1.82) is 0 Å². The summed E-state index contributed by atoms with van der Waals surface area (Å²) in [4.78, 5) is 28.9. The Morgan fingerprint density at radius 2 is 1.83 bits per heavy atom. The second-order valence-electron chi connectivity index (χ2n) is 8.47. The molecule has 3 N–H and O–H groups in total. The molecule has 1 aromatic heterocycles. The highest BCUT2D eigenvalue weighted by atomic mass is 19.4. The van der Waals surface area contributed by atoms with Crippen LogP contribution in [0.5, 0.6) is 0 Å². The SMILES string of the molecule is Cc1c(F)c(N2CCC(C(N)CC(F)(F)F)C2)c(C)c2c1c(=O)[nH]c(=O)n2C1CC1. The number of anilines is 1. The largest absolute Gasteiger partial charge is 0.390 e. The summed E-state index contributed by atoms with van der Waals surface area (Å²) < 4.78 is 55.1. The highest BCUT2D eigenvalue weighted by molar-refractivity contribution is 5.90. The number of nitrogens with one attached hydrogen (secondary N) is 1. The number of nitrogens with two attached hydrogens (primary N) is 1. The van der Waals surface area contributed by atoms with Gasteiger partial charge in [-0.2, -0.15) is 13.2 Å². The molecular weight excluding hydrogens is 404 g/mol. The molecule has 2 aliphatic rings. The Morgan fingerprint density at radius 3 is 2.43 bits per heavy atom. The van der Waals surface area contributed by atoms with Crippen LogP contribution in [0.1, 0.15) is 42.9 Å². The van der Waals surface area contributed by atoms with E-state index in [1.807, 2.05) is 0 Å². The molecule has 4 rings (SSSR count). The number of rotatable bonds is 4. The predicted molar refractivity (Wildman–Crippen MR) is 105 cm³/mol. The Labute approximate surface area is 169 Å². The Kier molecular flexibility index (Phi) is 4.95. The average Bonchev–Trinajstić information content (AvgIpc) is 3.34. The molecule has 2 unspecified atom stereocenters. The Hall–Kier alpha value is -2.36. The van der Waals surface area contributed by atoms with Crippen LogP contribution in [0.4, 0.5) is 23.2 Å². The van der Waals surface area contributed by atoms with Crippen molar-refractivity contribution >= 4 is 16.6 Å². The number of nitrogens with zero attached hydrogens (tertiary/aromatic N) is 2. The average molecular weight is 428 g/mol. The summed E-state index contributed by atoms with van der Waals surface area (Å²) in [7, 11) is 0. The maximum Gasteiger partial charge on any atom is 0.390 e. The molecule has 0 spiro atoms. The Morgan fingerprint density at radius 1 is 1.17 bits per heavy atom. The van der Waals surface area contributed by atoms with E-state index in [0.29, 0.717) is 24.0 Å². The van der Waals surface area contributed by atoms with Gasteiger partial charge >= 0.3 is 11.9 Å². The quantitative estimate of drug-likeness (QED) is 0.734. The lowest BCUT2D eigenvalue weighted by molar-refractivity contribution is -0.140. The van der Waals surface area contributed by atoms with Crippen molar-refractivity contribution in [2.75, 3.05) is 18.0 Å². The third-order valence-corrected chi connectivity index (χ3v) is 6.29. The molecule has 2 aromatic rings. The monoisotopic (exact) mass is 428 g/mol. The van der Waals surface area contributed by atoms with Crippen LogP contribution in [-0.2, 0) is 0 Å². The van der Waals surface area contributed by atoms with Crippen LogP contribution in [-0.4, -0.2) is 34.9 Å². The van der Waals surface area contributed by atoms with Gasteiger partial charge in [0, 0.05) is 36.3 Å². The fraction of sp³-hybridized carbons (Fsp3) is 0.600. The molecule has 1 saturated heterocycles. The first-order valence-electron chi connectivity index (χ1n) is 10.0. The van der Waals surface area contributed by atoms with Crippen molar-refractivity contribution in [3.05, 3.63) is 37.8 Å². The topological polar surface area (TPSA) is 84.1 Å². The van der Waals surface area contributed by atoms with Gasteiger partial charge in [-0.3, -0.25) is 14.3 Å². The van der Waals surface area contributed by atoms with Gasteiger partial charge in [-0.15, -0.1) is 0 Å². The zero-order valence-corrected chi connectivity index (χ0v) is 16.8. The van der Waals surface area contributed by atoms with Gasteiger partial charge in [-0.1, -0.05) is 0 Å². The number of hydrogen-bond donors (Lipinski definition) is 2. The van der Waals surface area contributed by atoms with Gasteiger partial charge < -0.3 is 10.6 Å². The predicted octanol–water partition coefficient (Wildman–Crippen LogP) is 2.89. The molecule has 10 heteroatoms. The summed E-state index contributed by atoms with van der Waals surface area (Å²) in [5.41, 5.74) is 5.85. The normalized spacial score (nSPS) is 20.9. The van der Waals surface area contributed by atoms with Gasteiger partial charge in [0.25, 0.3) is 5.56 Å². The van der Waals surface area contributed by atoms with Gasteiger partial charge in [0.2, 0.25) is 0 Å². The van der Waals surface area contributed by atoms with E-state index < -0.39 is 41.6 Å². The fourth-order valence-electron chi connectivity index (χ4n) is 4.66. The van der Waals surface area contributed by atoms with Crippen molar-refractivity contribution in [3.63, 3.8) is 0 Å². The highest BCUT2D eigenvalue weighted by Crippen LogP contribution is 2.41. The van der Waals surface area contributed by atoms with Crippen LogP contribution >= 0.6 is 0 Å². The van der Waals surface area contributed by atoms with E-state index in [1.54, 1.807) is 11.8 Å². The van der Waals surface area contributed by atoms with Crippen LogP contribution < -0.4 is 21.9 Å². The van der Waals surface area contributed by atoms with Crippen molar-refractivity contribution in [2.24, 2.45) is 11.7 Å². The first-order valence-corrected chi connectivity index (χ1v) is 10.0. The van der Waals surface area contributed by atoms with E-state index in [9.17, 15) is 22.8 Å². The van der Waals surface area contributed by atoms with Crippen molar-refractivity contribution in [1.82, 2.24) is 9.55 Å². The van der Waals surface area contributed by atoms with Gasteiger partial charge in [0.15, 0.2) is 5.82 Å². The molecule has 0 amide bonds. The molecule has 2 fully saturated rings. The molecule has 1 saturated carbocycles. The zero-order valence-electron chi connectivity index (χ0n) is 16.8. The van der Waals surface area contributed by atoms with Crippen molar-refractivity contribution in [3.8, 4) is 0 Å². The summed E-state index contributed by atoms with van der Waals surface area (Å²) in [6.07, 6.45) is -3.43. The van der Waals surface area contributed by atoms with Crippen molar-refractivity contribution in [2.45, 2.75) is 57.8 Å². The van der Waals surface area contributed by atoms with Gasteiger partial charge in [0.05, 0.1) is 23.0 Å². The molecule has 0 bridgehead atoms. The third-order valence-electron chi connectivity index (χ3n) is 6.29. The molecule has 1 aliphatic heterocycles. The number of aromatic nitrogens is 2. The molecule has 6 nitrogen and oxygen atoms in total. The zero-order chi connectivity index (χ0) is 22.0. The molecule has 1 aromatic carbocycles. The van der Waals surface area contributed by atoms with Crippen LogP contribution in [0.25, 0.3) is 10.9 Å². The van der Waals surface area contributed by atoms with E-state index in [4.69, 9.17) is 5.73 Å². The lowest BCUT2D eigenvalue weighted by Gasteiger charge is -2.26. The number of fused-ring (bicyclic) bond motifs is 1. The minimum absolute atomic E-state index is 0.0419. The standard InChI is InChI=1S/C20H24F4N4O2/c1-9-14-16(28(12-3-4-12)19(30)26-18(14)29)10(2)17(15(9)21)27-6-5-11(8-27)13(25)7-20(22,23)24/h11-13H,3-8,25H2,1-2H3,(H,26,29,30). The molecule has 2 heterocycles. The van der Waals surface area contributed by atoms with Gasteiger partial charge in [-0.05, 0) is 39.0 Å². The van der Waals surface area contributed by atoms with E-state index in [1.165, 1.54) is 11.5 Å². The summed E-state index contributed by atoms with van der Waals surface area (Å²) in [6, 6.07) is -1.10. The van der Waals surface area contributed by atoms with Crippen LogP contribution in [0, 0.1) is 25.6 Å². The molecule has 1 aliphatic carbocycles. The smallest absolute Gasteiger partial charge is 0.369 e. The van der Waals surface area contributed by atoms with Gasteiger partial charge in [-0.25, -0.2) is 9.18 Å². The van der Waals surface area contributed by atoms with Crippen LogP contribution in [0.2, 0.25) is 0 Å². The van der Waals surface area contributed by atoms with Crippen LogP contribution in [0.15, 0.2) is 9.59 Å². The maximum atomic E-state index is 15.4. The van der Waals surface area contributed by atoms with E-state index in [0.717, 1.165) is 12.8 Å². The molecule has 2 atom stereocenters. The maximum absolute atomic E-state index is 15.4. The number of hydrogen-bond acceptors (Lipinski definition) is 4. The summed E-state index contributed by atoms with van der Waals surface area (Å²) in [5.74, 6) is -1.01.